The van der Waals surface area contributed by atoms with Crippen LogP contribution < -0.4 is 14.2 Å². The van der Waals surface area contributed by atoms with E-state index in [0.717, 1.165) is 97.9 Å². The van der Waals surface area contributed by atoms with Crippen molar-refractivity contribution in [2.45, 2.75) is 113 Å². The number of fused-ring (bicyclic) bond motifs is 3. The van der Waals surface area contributed by atoms with E-state index in [2.05, 4.69) is 698 Å². The molecule has 6 unspecified atom stereocenters. The first-order valence-corrected chi connectivity index (χ1v) is 66.0. The van der Waals surface area contributed by atoms with Gasteiger partial charge in [-0.25, -0.2) is 0 Å². The molecule has 141 heavy (non-hydrogen) atoms. The molecule has 6 nitrogen and oxygen atoms in total. The molecule has 1 fully saturated rings. The van der Waals surface area contributed by atoms with Crippen molar-refractivity contribution in [2.75, 3.05) is 14.2 Å². The minimum absolute atomic E-state index is 0.158. The molecule has 0 bridgehead atoms. The van der Waals surface area contributed by atoms with Crippen LogP contribution in [0.5, 0.6) is 23.0 Å². The maximum absolute atomic E-state index is 6.19. The quantitative estimate of drug-likeness (QED) is 0.0447. The zero-order valence-electron chi connectivity index (χ0n) is 75.2. The van der Waals surface area contributed by atoms with Crippen LogP contribution in [0.1, 0.15) is 81.9 Å². The minimum atomic E-state index is 0.158. The van der Waals surface area contributed by atoms with Gasteiger partial charge in [0.25, 0.3) is 0 Å². The molecular formula is C107H82Br22Cl2I4N2O4. The highest BCUT2D eigenvalue weighted by atomic mass is 127. The lowest BCUT2D eigenvalue weighted by molar-refractivity contribution is 0.391. The summed E-state index contributed by atoms with van der Waals surface area (Å²) in [4.78, 5) is 7.44. The van der Waals surface area contributed by atoms with E-state index in [1.165, 1.54) is 137 Å². The van der Waals surface area contributed by atoms with Crippen molar-refractivity contribution in [3.8, 4) is 78.9 Å². The van der Waals surface area contributed by atoms with Gasteiger partial charge in [0.1, 0.15) is 17.4 Å². The van der Waals surface area contributed by atoms with E-state index < -0.39 is 0 Å². The number of benzene rings is 15. The summed E-state index contributed by atoms with van der Waals surface area (Å²) in [5, 5.41) is 12.0. The third-order valence-electron chi connectivity index (χ3n) is 21.6. The molecule has 0 spiro atoms. The molecule has 0 radical (unpaired) electrons. The van der Waals surface area contributed by atoms with Gasteiger partial charge in [-0.05, 0) is 560 Å². The molecule has 6 atom stereocenters. The second kappa shape index (κ2) is 60.8. The zero-order valence-corrected chi connectivity index (χ0v) is 120. The smallest absolute Gasteiger partial charge is 0.241 e. The Kier molecular flexibility index (Phi) is 53.7. The normalized spacial score (nSPS) is 15.2. The van der Waals surface area contributed by atoms with Crippen molar-refractivity contribution >= 4 is 496 Å². The van der Waals surface area contributed by atoms with E-state index in [1.54, 1.807) is 26.4 Å². The third-order valence-corrected chi connectivity index (χ3v) is 49.7. The summed E-state index contributed by atoms with van der Waals surface area (Å²) >= 11 is 100. The summed E-state index contributed by atoms with van der Waals surface area (Å²) in [6.45, 7) is 11.1. The predicted octanol–water partition coefficient (Wildman–Crippen LogP) is 48.6. The molecule has 740 valence electrons. The zero-order chi connectivity index (χ0) is 103. The highest BCUT2D eigenvalue weighted by Crippen LogP contribution is 2.55. The number of hydrogen-bond donors (Lipinski definition) is 0. The van der Waals surface area contributed by atoms with Crippen molar-refractivity contribution in [1.82, 2.24) is 10.1 Å². The minimum Gasteiger partial charge on any atom is -0.496 e. The van der Waals surface area contributed by atoms with Crippen LogP contribution in [0.25, 0.3) is 88.2 Å². The van der Waals surface area contributed by atoms with Crippen molar-refractivity contribution in [1.29, 1.82) is 0 Å². The fourth-order valence-corrected chi connectivity index (χ4v) is 28.7. The average Bonchev–Trinajstić information content (AvgIpc) is 0.781. The van der Waals surface area contributed by atoms with Gasteiger partial charge in [-0.2, -0.15) is 4.98 Å². The largest absolute Gasteiger partial charge is 0.496 e. The first-order valence-electron chi connectivity index (χ1n) is 42.6. The standard InChI is InChI=1S/C18H16Br2.C18H12Br2.C14H12I2O2.C14H12I2.C12Br10O.C12H18Br6.C10H6Br2.C9H6Cl2N2O/c1-18(2,3)11-8-9-14-15(10-11)17(20)13-7-5-4-6-12(13)16(14)19;19-17-9-5-15(6-10-17)13-1-2-14(4-3-13)16-7-11-18(20)12-8-16;1-17-13-7-9(3-5-11(13)15)10-4-6-12(16)14(8-10)18-2;1-9-7-11(15)3-5-13(9)14-6-4-12(16)8-10(14)2;13-1-3(15)7(19)11(8(20)4(1)16)23-12-9(21)5(17)2(14)6(18)10(12)22;13-7-1-2-8(14)10(16)5-6-12(18)11(17)4-3-9(7)15;11-9-3-1-7-2-4-10(12)6-8(7)5-9;10-5-8-12-9(13-14-8)6-1-3-7(11)4-2-6/h4-10H,1-3H3;1-12H;3-8H,1-2H3;3-8H,1-2H3;;7-12H,1-6H2;1-6H;1-4H,5H2. The Morgan fingerprint density at radius 3 is 1.01 bits per heavy atom. The van der Waals surface area contributed by atoms with Gasteiger partial charge in [-0.3, -0.25) is 0 Å². The Balaban J connectivity index is 0.000000167. The number of hydrogen-bond acceptors (Lipinski definition) is 6. The van der Waals surface area contributed by atoms with E-state index in [1.807, 2.05) is 24.3 Å². The van der Waals surface area contributed by atoms with E-state index >= 15 is 0 Å². The topological polar surface area (TPSA) is 66.6 Å². The van der Waals surface area contributed by atoms with Gasteiger partial charge in [0, 0.05) is 82.5 Å². The maximum atomic E-state index is 6.19. The number of aromatic nitrogens is 2. The highest BCUT2D eigenvalue weighted by molar-refractivity contribution is 14.1. The first-order chi connectivity index (χ1) is 66.9. The van der Waals surface area contributed by atoms with Crippen molar-refractivity contribution in [3.05, 3.63) is 362 Å². The fraction of sp³-hybridized carbons (Fsp3) is 0.196. The lowest BCUT2D eigenvalue weighted by Crippen LogP contribution is -2.25. The second-order valence-corrected chi connectivity index (χ2v) is 58.2. The summed E-state index contributed by atoms with van der Waals surface area (Å²) in [5.74, 6) is 4.19. The van der Waals surface area contributed by atoms with E-state index in [9.17, 15) is 0 Å². The average molecular weight is 3800 g/mol. The van der Waals surface area contributed by atoms with Crippen LogP contribution in [-0.2, 0) is 11.3 Å². The van der Waals surface area contributed by atoms with Crippen molar-refractivity contribution in [2.24, 2.45) is 0 Å². The lowest BCUT2D eigenvalue weighted by Gasteiger charge is -2.25. The van der Waals surface area contributed by atoms with Crippen LogP contribution in [0.4, 0.5) is 0 Å². The molecule has 15 aromatic carbocycles. The summed E-state index contributed by atoms with van der Waals surface area (Å²) in [5.41, 5.74) is 14.9. The molecule has 1 aromatic heterocycles. The summed E-state index contributed by atoms with van der Waals surface area (Å²) in [6.07, 6.45) is 7.24. The van der Waals surface area contributed by atoms with Gasteiger partial charge in [0.2, 0.25) is 11.7 Å². The molecule has 1 heterocycles. The summed E-state index contributed by atoms with van der Waals surface area (Å²) in [7, 11) is 3.38. The van der Waals surface area contributed by atoms with Gasteiger partial charge in [0.05, 0.1) is 57.1 Å². The third kappa shape index (κ3) is 36.4. The van der Waals surface area contributed by atoms with E-state index in [0.29, 0.717) is 57.2 Å². The van der Waals surface area contributed by atoms with Gasteiger partial charge in [-0.15, -0.1) is 11.6 Å². The Hall–Kier alpha value is 1.68. The van der Waals surface area contributed by atoms with Crippen molar-refractivity contribution < 1.29 is 18.7 Å². The van der Waals surface area contributed by atoms with Crippen LogP contribution >= 0.6 is 464 Å². The molecule has 34 heteroatoms. The molecule has 17 rings (SSSR count). The van der Waals surface area contributed by atoms with E-state index in [-0.39, 0.29) is 11.3 Å². The Bertz CT molecular complexity index is 6590. The second-order valence-electron chi connectivity index (χ2n) is 32.4. The Morgan fingerprint density at radius 1 is 0.340 bits per heavy atom. The molecule has 1 aliphatic carbocycles. The summed E-state index contributed by atoms with van der Waals surface area (Å²) in [6, 6.07) is 86.0. The van der Waals surface area contributed by atoms with Crippen LogP contribution in [-0.4, -0.2) is 53.3 Å². The first kappa shape index (κ1) is 124. The SMILES string of the molecule is BrC1CCC(Br)C(Br)CCC(Br)C(Br)CCC1Br.Brc1c(Br)c(Br)c(Oc2c(Br)c(Br)c(Br)c(Br)c2Br)c(Br)c1Br.Brc1ccc(-c2ccc(-c3ccc(Br)cc3)cc2)cc1.Brc1ccc2ccc(Br)cc2c1.CC(C)(C)c1ccc2c(Br)c3ccccc3c(Br)c2c1.COc1cc(-c2ccc(I)c(OC)c2)ccc1I.Cc1cc(I)ccc1-c1ccc(I)cc1C.ClCc1nc(-c2ccc(Cl)cc2)no1. The van der Waals surface area contributed by atoms with Crippen LogP contribution in [0, 0.1) is 28.1 Å². The Labute approximate surface area is 1080 Å². The van der Waals surface area contributed by atoms with Crippen LogP contribution in [0.3, 0.4) is 0 Å². The monoisotopic (exact) mass is 3770 g/mol. The highest BCUT2D eigenvalue weighted by Gasteiger charge is 2.29. The number of aryl methyl sites for hydroxylation is 2. The molecule has 16 aromatic rings. The predicted molar refractivity (Wildman–Crippen MR) is 713 cm³/mol. The molecule has 1 saturated carbocycles. The van der Waals surface area contributed by atoms with Gasteiger partial charge >= 0.3 is 0 Å². The number of rotatable bonds is 10. The molecule has 1 aliphatic rings. The lowest BCUT2D eigenvalue weighted by atomic mass is 9.85. The van der Waals surface area contributed by atoms with Crippen LogP contribution in [0.2, 0.25) is 5.02 Å². The molecule has 0 saturated heterocycles. The number of nitrogens with zero attached hydrogens (tertiary/aromatic N) is 2. The maximum Gasteiger partial charge on any atom is 0.241 e. The van der Waals surface area contributed by atoms with Gasteiger partial charge in [0.15, 0.2) is 11.5 Å². The molecular weight excluding hydrogens is 3710 g/mol. The summed E-state index contributed by atoms with van der Waals surface area (Å²) < 4.78 is 41.5. The number of alkyl halides is 7. The molecule has 0 amide bonds. The van der Waals surface area contributed by atoms with Crippen LogP contribution in [0.15, 0.2) is 325 Å². The number of methoxy groups -OCH3 is 2. The molecule has 0 N–H and O–H groups in total. The van der Waals surface area contributed by atoms with Gasteiger partial charge in [-0.1, -0.05) is 318 Å². The van der Waals surface area contributed by atoms with E-state index in [4.69, 9.17) is 41.9 Å². The fourth-order valence-electron chi connectivity index (χ4n) is 13.9. The Morgan fingerprint density at radius 2 is 0.667 bits per heavy atom. The number of ether oxygens (including phenoxy) is 3. The van der Waals surface area contributed by atoms with Crippen molar-refractivity contribution in [3.63, 3.8) is 0 Å². The molecule has 0 aliphatic heterocycles. The number of halogens is 28. The van der Waals surface area contributed by atoms with Gasteiger partial charge < -0.3 is 18.7 Å².